The Balaban J connectivity index is 1.90. The summed E-state index contributed by atoms with van der Waals surface area (Å²) in [6, 6.07) is 3.05. The number of esters is 1. The number of rotatable bonds is 9. The third kappa shape index (κ3) is 5.27. The fraction of sp³-hybridized carbons (Fsp3) is 0.667. The summed E-state index contributed by atoms with van der Waals surface area (Å²) in [5.74, 6) is -1.48. The first-order valence-electron chi connectivity index (χ1n) is 10.2. The van der Waals surface area contributed by atoms with Crippen LogP contribution in [0.25, 0.3) is 0 Å². The van der Waals surface area contributed by atoms with Crippen LogP contribution in [0.4, 0.5) is 0 Å². The van der Waals surface area contributed by atoms with Crippen molar-refractivity contribution < 1.29 is 38.0 Å². The summed E-state index contributed by atoms with van der Waals surface area (Å²) in [4.78, 5) is 13.2. The Morgan fingerprint density at radius 3 is 2.52 bits per heavy atom. The lowest BCUT2D eigenvalue weighted by Crippen LogP contribution is -2.46. The molecular formula is C21H28Cl2O8. The first-order valence-corrected chi connectivity index (χ1v) is 10.9. The maximum Gasteiger partial charge on any atom is 0.343 e. The van der Waals surface area contributed by atoms with Gasteiger partial charge in [0.2, 0.25) is 0 Å². The smallest absolute Gasteiger partial charge is 0.343 e. The van der Waals surface area contributed by atoms with E-state index in [0.717, 1.165) is 0 Å². The minimum absolute atomic E-state index is 0.0230. The fourth-order valence-electron chi connectivity index (χ4n) is 3.73. The van der Waals surface area contributed by atoms with Crippen LogP contribution in [-0.2, 0) is 28.4 Å². The van der Waals surface area contributed by atoms with Crippen molar-refractivity contribution in [2.75, 3.05) is 26.9 Å². The summed E-state index contributed by atoms with van der Waals surface area (Å²) < 4.78 is 40.4. The van der Waals surface area contributed by atoms with Crippen molar-refractivity contribution in [1.29, 1.82) is 0 Å². The highest BCUT2D eigenvalue weighted by molar-refractivity contribution is 6.37. The molecule has 0 aliphatic carbocycles. The average Bonchev–Trinajstić information content (AvgIpc) is 3.18. The van der Waals surface area contributed by atoms with E-state index < -0.39 is 42.5 Å². The summed E-state index contributed by atoms with van der Waals surface area (Å²) in [5.41, 5.74) is 0.0230. The fourth-order valence-corrected chi connectivity index (χ4v) is 4.19. The third-order valence-corrected chi connectivity index (χ3v) is 5.58. The molecule has 8 nitrogen and oxygen atoms in total. The molecule has 0 amide bonds. The zero-order valence-corrected chi connectivity index (χ0v) is 19.7. The lowest BCUT2D eigenvalue weighted by molar-refractivity contribution is -0.232. The van der Waals surface area contributed by atoms with E-state index >= 15 is 0 Å². The molecule has 0 spiro atoms. The van der Waals surface area contributed by atoms with Crippen LogP contribution in [0.1, 0.15) is 38.1 Å². The molecule has 1 aromatic carbocycles. The molecule has 2 saturated heterocycles. The summed E-state index contributed by atoms with van der Waals surface area (Å²) >= 11 is 12.4. The molecule has 5 atom stereocenters. The number of hydrogen-bond acceptors (Lipinski definition) is 8. The molecule has 31 heavy (non-hydrogen) atoms. The van der Waals surface area contributed by atoms with Crippen LogP contribution in [0.15, 0.2) is 12.1 Å². The van der Waals surface area contributed by atoms with Gasteiger partial charge in [-0.2, -0.15) is 0 Å². The Morgan fingerprint density at radius 1 is 1.16 bits per heavy atom. The van der Waals surface area contributed by atoms with Crippen LogP contribution >= 0.6 is 23.2 Å². The van der Waals surface area contributed by atoms with Gasteiger partial charge in [0.1, 0.15) is 17.8 Å². The van der Waals surface area contributed by atoms with Crippen LogP contribution in [0.3, 0.4) is 0 Å². The van der Waals surface area contributed by atoms with Crippen molar-refractivity contribution in [2.24, 2.45) is 0 Å². The normalized spacial score (nSPS) is 27.7. The van der Waals surface area contributed by atoms with E-state index in [9.17, 15) is 4.79 Å². The van der Waals surface area contributed by atoms with Gasteiger partial charge in [-0.15, -0.1) is 0 Å². The second-order valence-corrected chi connectivity index (χ2v) is 8.34. The highest BCUT2D eigenvalue weighted by Crippen LogP contribution is 2.41. The first-order chi connectivity index (χ1) is 14.7. The van der Waals surface area contributed by atoms with Crippen LogP contribution in [0.2, 0.25) is 10.0 Å². The van der Waals surface area contributed by atoms with Crippen molar-refractivity contribution in [1.82, 2.24) is 0 Å². The number of hydrogen-bond donors (Lipinski definition) is 0. The van der Waals surface area contributed by atoms with Gasteiger partial charge in [0, 0.05) is 13.2 Å². The van der Waals surface area contributed by atoms with E-state index in [1.165, 1.54) is 13.2 Å². The molecule has 2 aliphatic heterocycles. The topological polar surface area (TPSA) is 81.7 Å². The molecule has 0 unspecified atom stereocenters. The number of methoxy groups -OCH3 is 1. The SMILES string of the molecule is CCOC[C@@H](OCC)[C@H]1O[C@@H]2OC(C)(C)O[C@@H]2[C@H]1OC(=O)c1c(Cl)ccc(Cl)c1OC. The summed E-state index contributed by atoms with van der Waals surface area (Å²) in [6.07, 6.45) is -3.39. The van der Waals surface area contributed by atoms with Crippen LogP contribution < -0.4 is 4.74 Å². The molecular weight excluding hydrogens is 451 g/mol. The van der Waals surface area contributed by atoms with Crippen LogP contribution in [-0.4, -0.2) is 69.4 Å². The highest BCUT2D eigenvalue weighted by Gasteiger charge is 2.58. The largest absolute Gasteiger partial charge is 0.494 e. The summed E-state index contributed by atoms with van der Waals surface area (Å²) in [5, 5.41) is 0.388. The maximum atomic E-state index is 13.2. The average molecular weight is 479 g/mol. The Labute approximate surface area is 191 Å². The van der Waals surface area contributed by atoms with Gasteiger partial charge in [-0.3, -0.25) is 0 Å². The molecule has 1 aromatic rings. The van der Waals surface area contributed by atoms with Crippen molar-refractivity contribution in [3.63, 3.8) is 0 Å². The van der Waals surface area contributed by atoms with Gasteiger partial charge in [0.15, 0.2) is 30.0 Å². The van der Waals surface area contributed by atoms with E-state index in [1.807, 2.05) is 13.8 Å². The molecule has 0 radical (unpaired) electrons. The van der Waals surface area contributed by atoms with E-state index in [0.29, 0.717) is 13.2 Å². The molecule has 0 N–H and O–H groups in total. The number of carbonyl (C=O) groups is 1. The molecule has 0 bridgehead atoms. The van der Waals surface area contributed by atoms with Crippen molar-refractivity contribution in [3.8, 4) is 5.75 Å². The second-order valence-electron chi connectivity index (χ2n) is 7.53. The highest BCUT2D eigenvalue weighted by atomic mass is 35.5. The summed E-state index contributed by atoms with van der Waals surface area (Å²) in [6.45, 7) is 8.46. The monoisotopic (exact) mass is 478 g/mol. The zero-order valence-electron chi connectivity index (χ0n) is 18.2. The predicted octanol–water partition coefficient (Wildman–Crippen LogP) is 3.85. The number of benzene rings is 1. The minimum atomic E-state index is -0.891. The van der Waals surface area contributed by atoms with Gasteiger partial charge in [-0.25, -0.2) is 4.79 Å². The predicted molar refractivity (Wildman–Crippen MR) is 113 cm³/mol. The Morgan fingerprint density at radius 2 is 1.87 bits per heavy atom. The van der Waals surface area contributed by atoms with Crippen molar-refractivity contribution in [2.45, 2.75) is 64.2 Å². The van der Waals surface area contributed by atoms with Gasteiger partial charge in [0.05, 0.1) is 23.8 Å². The maximum absolute atomic E-state index is 13.2. The second kappa shape index (κ2) is 10.2. The summed E-state index contributed by atoms with van der Waals surface area (Å²) in [7, 11) is 1.40. The molecule has 2 heterocycles. The number of fused-ring (bicyclic) bond motifs is 1. The molecule has 2 fully saturated rings. The quantitative estimate of drug-likeness (QED) is 0.495. The lowest BCUT2D eigenvalue weighted by atomic mass is 10.1. The third-order valence-electron chi connectivity index (χ3n) is 4.97. The van der Waals surface area contributed by atoms with Gasteiger partial charge < -0.3 is 33.2 Å². The van der Waals surface area contributed by atoms with Gasteiger partial charge in [-0.1, -0.05) is 23.2 Å². The van der Waals surface area contributed by atoms with Gasteiger partial charge >= 0.3 is 5.97 Å². The van der Waals surface area contributed by atoms with Crippen LogP contribution in [0, 0.1) is 0 Å². The Bertz CT molecular complexity index is 787. The number of halogens is 2. The van der Waals surface area contributed by atoms with Gasteiger partial charge in [0.25, 0.3) is 0 Å². The minimum Gasteiger partial charge on any atom is -0.494 e. The molecule has 0 saturated carbocycles. The zero-order chi connectivity index (χ0) is 22.8. The Hall–Kier alpha value is -1.13. The van der Waals surface area contributed by atoms with Crippen molar-refractivity contribution >= 4 is 29.2 Å². The molecule has 0 aromatic heterocycles. The van der Waals surface area contributed by atoms with Crippen LogP contribution in [0.5, 0.6) is 5.75 Å². The number of carbonyl (C=O) groups excluding carboxylic acids is 1. The van der Waals surface area contributed by atoms with E-state index in [1.54, 1.807) is 19.9 Å². The standard InChI is InChI=1S/C21H28Cl2O8/c1-6-26-10-13(27-7-2)16-17(18-20(29-16)31-21(3,4)30-18)28-19(24)14-11(22)8-9-12(23)15(14)25-5/h8-9,13,16-18,20H,6-7,10H2,1-5H3/t13-,16-,17+,18-,20-/m1/s1. The molecule has 2 aliphatic rings. The Kier molecular flexibility index (Phi) is 8.07. The van der Waals surface area contributed by atoms with Crippen molar-refractivity contribution in [3.05, 3.63) is 27.7 Å². The molecule has 10 heteroatoms. The lowest BCUT2D eigenvalue weighted by Gasteiger charge is -2.30. The van der Waals surface area contributed by atoms with E-state index in [2.05, 4.69) is 0 Å². The van der Waals surface area contributed by atoms with Gasteiger partial charge in [-0.05, 0) is 39.8 Å². The molecule has 3 rings (SSSR count). The number of ether oxygens (including phenoxy) is 7. The first kappa shape index (κ1) is 24.5. The van der Waals surface area contributed by atoms with E-state index in [4.69, 9.17) is 56.4 Å². The molecule has 174 valence electrons. The van der Waals surface area contributed by atoms with E-state index in [-0.39, 0.29) is 28.0 Å².